The van der Waals surface area contributed by atoms with E-state index in [2.05, 4.69) is 10.5 Å². The molecule has 0 fully saturated rings. The molecule has 0 aliphatic rings. The number of ether oxygens (including phenoxy) is 3. The Morgan fingerprint density at radius 3 is 2.29 bits per heavy atom. The van der Waals surface area contributed by atoms with Crippen molar-refractivity contribution in [3.05, 3.63) is 83.9 Å². The monoisotopic (exact) mass is 497 g/mol. The van der Waals surface area contributed by atoms with Gasteiger partial charge in [-0.05, 0) is 47.5 Å². The van der Waals surface area contributed by atoms with Gasteiger partial charge in [-0.2, -0.15) is 5.10 Å². The van der Waals surface area contributed by atoms with Crippen molar-refractivity contribution in [2.45, 2.75) is 6.61 Å². The minimum Gasteiger partial charge on any atom is -0.493 e. The van der Waals surface area contributed by atoms with Gasteiger partial charge in [-0.15, -0.1) is 0 Å². The number of anilines is 1. The van der Waals surface area contributed by atoms with Crippen molar-refractivity contribution in [3.63, 3.8) is 0 Å². The molecule has 0 radical (unpaired) electrons. The SMILES string of the molecule is COc1ccc(N(CC(=O)N/N=C\c2ccc(OCc3ccccc3)cc2)S(C)(=O)=O)cc1OC. The van der Waals surface area contributed by atoms with E-state index < -0.39 is 22.5 Å². The lowest BCUT2D eigenvalue weighted by atomic mass is 10.2. The van der Waals surface area contributed by atoms with E-state index in [1.54, 1.807) is 30.3 Å². The van der Waals surface area contributed by atoms with Gasteiger partial charge in [0, 0.05) is 6.07 Å². The summed E-state index contributed by atoms with van der Waals surface area (Å²) in [6, 6.07) is 21.6. The minimum absolute atomic E-state index is 0.260. The molecule has 3 rings (SSSR count). The minimum atomic E-state index is -3.75. The van der Waals surface area contributed by atoms with Gasteiger partial charge in [-0.1, -0.05) is 30.3 Å². The summed E-state index contributed by atoms with van der Waals surface area (Å²) in [7, 11) is -0.840. The summed E-state index contributed by atoms with van der Waals surface area (Å²) >= 11 is 0. The van der Waals surface area contributed by atoms with E-state index in [4.69, 9.17) is 14.2 Å². The molecule has 1 amide bonds. The molecule has 0 bridgehead atoms. The first kappa shape index (κ1) is 25.6. The van der Waals surface area contributed by atoms with Gasteiger partial charge in [0.15, 0.2) is 11.5 Å². The summed E-state index contributed by atoms with van der Waals surface area (Å²) in [6.45, 7) is -0.000833. The summed E-state index contributed by atoms with van der Waals surface area (Å²) in [5, 5.41) is 3.92. The molecule has 0 spiro atoms. The highest BCUT2D eigenvalue weighted by Gasteiger charge is 2.22. The Bertz CT molecular complexity index is 1260. The quantitative estimate of drug-likeness (QED) is 0.322. The van der Waals surface area contributed by atoms with E-state index in [9.17, 15) is 13.2 Å². The van der Waals surface area contributed by atoms with Crippen molar-refractivity contribution in [1.29, 1.82) is 0 Å². The molecule has 10 heteroatoms. The van der Waals surface area contributed by atoms with Gasteiger partial charge in [0.25, 0.3) is 5.91 Å². The Hall–Kier alpha value is -4.05. The number of carbonyl (C=O) groups is 1. The predicted octanol–water partition coefficient (Wildman–Crippen LogP) is 3.20. The van der Waals surface area contributed by atoms with Crippen molar-refractivity contribution >= 4 is 27.8 Å². The molecule has 184 valence electrons. The number of sulfonamides is 1. The lowest BCUT2D eigenvalue weighted by molar-refractivity contribution is -0.119. The molecule has 0 heterocycles. The molecule has 3 aromatic carbocycles. The number of benzene rings is 3. The van der Waals surface area contributed by atoms with E-state index in [0.717, 1.165) is 21.7 Å². The van der Waals surface area contributed by atoms with Crippen LogP contribution >= 0.6 is 0 Å². The molecule has 9 nitrogen and oxygen atoms in total. The summed E-state index contributed by atoms with van der Waals surface area (Å²) in [5.41, 5.74) is 4.41. The molecular formula is C25H27N3O6S. The largest absolute Gasteiger partial charge is 0.493 e. The Balaban J connectivity index is 1.59. The molecule has 0 atom stereocenters. The summed E-state index contributed by atoms with van der Waals surface area (Å²) < 4.78 is 41.7. The highest BCUT2D eigenvalue weighted by atomic mass is 32.2. The zero-order valence-corrected chi connectivity index (χ0v) is 20.5. The van der Waals surface area contributed by atoms with Crippen LogP contribution in [0.3, 0.4) is 0 Å². The summed E-state index contributed by atoms with van der Waals surface area (Å²) in [4.78, 5) is 12.4. The number of methoxy groups -OCH3 is 2. The maximum atomic E-state index is 12.4. The fourth-order valence-corrected chi connectivity index (χ4v) is 3.96. The average molecular weight is 498 g/mol. The van der Waals surface area contributed by atoms with Crippen molar-refractivity contribution in [1.82, 2.24) is 5.43 Å². The smallest absolute Gasteiger partial charge is 0.260 e. The van der Waals surface area contributed by atoms with Gasteiger partial charge in [0.2, 0.25) is 10.0 Å². The fourth-order valence-electron chi connectivity index (χ4n) is 3.12. The first-order valence-corrected chi connectivity index (χ1v) is 12.4. The highest BCUT2D eigenvalue weighted by Crippen LogP contribution is 2.32. The molecule has 0 aliphatic carbocycles. The Morgan fingerprint density at radius 2 is 1.66 bits per heavy atom. The molecule has 0 saturated carbocycles. The third kappa shape index (κ3) is 7.47. The van der Waals surface area contributed by atoms with Crippen LogP contribution < -0.4 is 23.9 Å². The first-order chi connectivity index (χ1) is 16.8. The zero-order chi connectivity index (χ0) is 25.3. The third-order valence-corrected chi connectivity index (χ3v) is 6.01. The summed E-state index contributed by atoms with van der Waals surface area (Å²) in [5.74, 6) is 0.876. The number of rotatable bonds is 11. The number of carbonyl (C=O) groups excluding carboxylic acids is 1. The van der Waals surface area contributed by atoms with E-state index in [1.165, 1.54) is 32.6 Å². The van der Waals surface area contributed by atoms with E-state index >= 15 is 0 Å². The molecule has 1 N–H and O–H groups in total. The Morgan fingerprint density at radius 1 is 0.971 bits per heavy atom. The zero-order valence-electron chi connectivity index (χ0n) is 19.7. The molecule has 0 unspecified atom stereocenters. The van der Waals surface area contributed by atoms with Crippen LogP contribution in [-0.4, -0.2) is 47.6 Å². The van der Waals surface area contributed by atoms with Crippen molar-refractivity contribution in [2.24, 2.45) is 5.10 Å². The van der Waals surface area contributed by atoms with Crippen molar-refractivity contribution in [3.8, 4) is 17.2 Å². The van der Waals surface area contributed by atoms with Gasteiger partial charge in [0.1, 0.15) is 18.9 Å². The molecule has 0 aliphatic heterocycles. The molecular weight excluding hydrogens is 470 g/mol. The van der Waals surface area contributed by atoms with Crippen LogP contribution in [0.5, 0.6) is 17.2 Å². The van der Waals surface area contributed by atoms with Crippen molar-refractivity contribution < 1.29 is 27.4 Å². The predicted molar refractivity (Wildman–Crippen MR) is 135 cm³/mol. The fraction of sp³-hybridized carbons (Fsp3) is 0.200. The van der Waals surface area contributed by atoms with Crippen LogP contribution in [-0.2, 0) is 21.4 Å². The number of hydrogen-bond acceptors (Lipinski definition) is 7. The molecule has 0 saturated heterocycles. The van der Waals surface area contributed by atoms with Crippen LogP contribution in [0, 0.1) is 0 Å². The van der Waals surface area contributed by atoms with Crippen molar-refractivity contribution in [2.75, 3.05) is 31.3 Å². The van der Waals surface area contributed by atoms with Crippen LogP contribution in [0.4, 0.5) is 5.69 Å². The number of hydrazone groups is 1. The second-order valence-corrected chi connectivity index (χ2v) is 9.35. The maximum Gasteiger partial charge on any atom is 0.260 e. The van der Waals surface area contributed by atoms with Crippen LogP contribution in [0.25, 0.3) is 0 Å². The van der Waals surface area contributed by atoms with Crippen LogP contribution in [0.1, 0.15) is 11.1 Å². The Labute approximate surface area is 205 Å². The molecule has 35 heavy (non-hydrogen) atoms. The van der Waals surface area contributed by atoms with Crippen LogP contribution in [0.2, 0.25) is 0 Å². The third-order valence-electron chi connectivity index (χ3n) is 4.87. The van der Waals surface area contributed by atoms with Gasteiger partial charge in [-0.3, -0.25) is 9.10 Å². The number of nitrogens with one attached hydrogen (secondary N) is 1. The van der Waals surface area contributed by atoms with Crippen LogP contribution in [0.15, 0.2) is 77.9 Å². The molecule has 0 aromatic heterocycles. The second-order valence-electron chi connectivity index (χ2n) is 7.45. The standard InChI is InChI=1S/C25H27N3O6S/c1-32-23-14-11-21(15-24(23)33-2)28(35(3,30)31)17-25(29)27-26-16-19-9-12-22(13-10-19)34-18-20-7-5-4-6-8-20/h4-16H,17-18H2,1-3H3,(H,27,29)/b26-16-. The number of hydrogen-bond donors (Lipinski definition) is 1. The topological polar surface area (TPSA) is 107 Å². The van der Waals surface area contributed by atoms with Gasteiger partial charge in [-0.25, -0.2) is 13.8 Å². The van der Waals surface area contributed by atoms with Gasteiger partial charge >= 0.3 is 0 Å². The van der Waals surface area contributed by atoms with E-state index in [-0.39, 0.29) is 5.69 Å². The average Bonchev–Trinajstić information content (AvgIpc) is 2.86. The van der Waals surface area contributed by atoms with E-state index in [0.29, 0.717) is 23.9 Å². The lowest BCUT2D eigenvalue weighted by Crippen LogP contribution is -2.39. The second kappa shape index (κ2) is 11.9. The molecule has 3 aromatic rings. The summed E-state index contributed by atoms with van der Waals surface area (Å²) in [6.07, 6.45) is 2.47. The highest BCUT2D eigenvalue weighted by molar-refractivity contribution is 7.92. The first-order valence-electron chi connectivity index (χ1n) is 10.6. The lowest BCUT2D eigenvalue weighted by Gasteiger charge is -2.22. The normalized spacial score (nSPS) is 11.2. The maximum absolute atomic E-state index is 12.4. The Kier molecular flexibility index (Phi) is 8.69. The number of nitrogens with zero attached hydrogens (tertiary/aromatic N) is 2. The number of amides is 1. The van der Waals surface area contributed by atoms with Gasteiger partial charge in [0.05, 0.1) is 32.4 Å². The van der Waals surface area contributed by atoms with Gasteiger partial charge < -0.3 is 14.2 Å². The van der Waals surface area contributed by atoms with E-state index in [1.807, 2.05) is 30.3 Å².